The SMILES string of the molecule is CCNC(=O)c1cc2cccc(C)c2s1. The zero-order valence-electron chi connectivity index (χ0n) is 8.83. The molecule has 78 valence electrons. The maximum absolute atomic E-state index is 11.6. The Labute approximate surface area is 92.9 Å². The molecule has 0 fully saturated rings. The molecule has 0 atom stereocenters. The van der Waals surface area contributed by atoms with E-state index in [4.69, 9.17) is 0 Å². The van der Waals surface area contributed by atoms with E-state index in [2.05, 4.69) is 18.3 Å². The van der Waals surface area contributed by atoms with E-state index in [1.54, 1.807) is 11.3 Å². The molecule has 1 aromatic carbocycles. The van der Waals surface area contributed by atoms with Crippen molar-refractivity contribution in [2.24, 2.45) is 0 Å². The van der Waals surface area contributed by atoms with Crippen LogP contribution >= 0.6 is 11.3 Å². The van der Waals surface area contributed by atoms with Crippen LogP contribution < -0.4 is 5.32 Å². The number of hydrogen-bond donors (Lipinski definition) is 1. The number of amides is 1. The van der Waals surface area contributed by atoms with Crippen LogP contribution in [0.25, 0.3) is 10.1 Å². The molecule has 0 aliphatic carbocycles. The highest BCUT2D eigenvalue weighted by molar-refractivity contribution is 7.21. The van der Waals surface area contributed by atoms with Gasteiger partial charge in [-0.15, -0.1) is 11.3 Å². The largest absolute Gasteiger partial charge is 0.352 e. The van der Waals surface area contributed by atoms with Crippen LogP contribution in [0.2, 0.25) is 0 Å². The highest BCUT2D eigenvalue weighted by atomic mass is 32.1. The quantitative estimate of drug-likeness (QED) is 0.826. The standard InChI is InChI=1S/C12H13NOS/c1-3-13-12(14)10-7-9-6-4-5-8(2)11(9)15-10/h4-7H,3H2,1-2H3,(H,13,14). The number of aryl methyl sites for hydroxylation is 1. The third-order valence-corrected chi connectivity index (χ3v) is 3.59. The van der Waals surface area contributed by atoms with Crippen molar-refractivity contribution in [3.63, 3.8) is 0 Å². The molecule has 0 saturated carbocycles. The van der Waals surface area contributed by atoms with Gasteiger partial charge in [-0.05, 0) is 30.9 Å². The number of carbonyl (C=O) groups is 1. The third-order valence-electron chi connectivity index (χ3n) is 2.30. The number of thiophene rings is 1. The van der Waals surface area contributed by atoms with Gasteiger partial charge in [-0.25, -0.2) is 0 Å². The topological polar surface area (TPSA) is 29.1 Å². The van der Waals surface area contributed by atoms with Crippen LogP contribution in [-0.2, 0) is 0 Å². The summed E-state index contributed by atoms with van der Waals surface area (Å²) in [5.74, 6) is 0.0260. The lowest BCUT2D eigenvalue weighted by atomic mass is 10.2. The molecule has 2 nitrogen and oxygen atoms in total. The molecule has 2 aromatic rings. The first kappa shape index (κ1) is 10.2. The van der Waals surface area contributed by atoms with Gasteiger partial charge in [0.2, 0.25) is 0 Å². The van der Waals surface area contributed by atoms with E-state index in [1.165, 1.54) is 10.3 Å². The Hall–Kier alpha value is -1.35. The molecular weight excluding hydrogens is 206 g/mol. The van der Waals surface area contributed by atoms with Gasteiger partial charge in [0, 0.05) is 11.2 Å². The van der Waals surface area contributed by atoms with Crippen LogP contribution in [0.3, 0.4) is 0 Å². The average Bonchev–Trinajstić information content (AvgIpc) is 2.63. The Balaban J connectivity index is 2.47. The number of nitrogens with one attached hydrogen (secondary N) is 1. The molecule has 0 unspecified atom stereocenters. The molecule has 1 N–H and O–H groups in total. The summed E-state index contributed by atoms with van der Waals surface area (Å²) in [4.78, 5) is 12.4. The van der Waals surface area contributed by atoms with Crippen LogP contribution in [0.1, 0.15) is 22.2 Å². The van der Waals surface area contributed by atoms with Crippen molar-refractivity contribution < 1.29 is 4.79 Å². The molecular formula is C12H13NOS. The molecule has 0 spiro atoms. The first-order valence-electron chi connectivity index (χ1n) is 4.99. The molecule has 0 bridgehead atoms. The second kappa shape index (κ2) is 4.03. The lowest BCUT2D eigenvalue weighted by molar-refractivity contribution is 0.0960. The lowest BCUT2D eigenvalue weighted by Crippen LogP contribution is -2.21. The summed E-state index contributed by atoms with van der Waals surface area (Å²) in [6.07, 6.45) is 0. The van der Waals surface area contributed by atoms with Gasteiger partial charge in [-0.1, -0.05) is 18.2 Å². The monoisotopic (exact) mass is 219 g/mol. The van der Waals surface area contributed by atoms with Crippen molar-refractivity contribution >= 4 is 27.3 Å². The third kappa shape index (κ3) is 1.88. The Bertz CT molecular complexity index is 501. The van der Waals surface area contributed by atoms with Gasteiger partial charge in [-0.2, -0.15) is 0 Å². The summed E-state index contributed by atoms with van der Waals surface area (Å²) < 4.78 is 1.21. The number of benzene rings is 1. The van der Waals surface area contributed by atoms with Crippen molar-refractivity contribution in [3.05, 3.63) is 34.7 Å². The van der Waals surface area contributed by atoms with Gasteiger partial charge in [0.25, 0.3) is 5.91 Å². The Morgan fingerprint density at radius 2 is 2.27 bits per heavy atom. The molecule has 15 heavy (non-hydrogen) atoms. The van der Waals surface area contributed by atoms with Crippen molar-refractivity contribution in [1.29, 1.82) is 0 Å². The van der Waals surface area contributed by atoms with Crippen molar-refractivity contribution in [3.8, 4) is 0 Å². The average molecular weight is 219 g/mol. The van der Waals surface area contributed by atoms with Gasteiger partial charge < -0.3 is 5.32 Å². The molecule has 0 radical (unpaired) electrons. The smallest absolute Gasteiger partial charge is 0.261 e. The molecule has 1 heterocycles. The molecule has 0 saturated heterocycles. The van der Waals surface area contributed by atoms with E-state index in [1.807, 2.05) is 25.1 Å². The predicted octanol–water partition coefficient (Wildman–Crippen LogP) is 2.96. The minimum absolute atomic E-state index is 0.0260. The minimum atomic E-state index is 0.0260. The van der Waals surface area contributed by atoms with Crippen LogP contribution in [0.4, 0.5) is 0 Å². The summed E-state index contributed by atoms with van der Waals surface area (Å²) >= 11 is 1.56. The number of fused-ring (bicyclic) bond motifs is 1. The summed E-state index contributed by atoms with van der Waals surface area (Å²) in [6, 6.07) is 8.09. The van der Waals surface area contributed by atoms with Crippen LogP contribution in [0, 0.1) is 6.92 Å². The summed E-state index contributed by atoms with van der Waals surface area (Å²) in [5.41, 5.74) is 1.23. The summed E-state index contributed by atoms with van der Waals surface area (Å²) in [5, 5.41) is 3.97. The maximum atomic E-state index is 11.6. The first-order chi connectivity index (χ1) is 7.22. The highest BCUT2D eigenvalue weighted by Crippen LogP contribution is 2.28. The van der Waals surface area contributed by atoms with Gasteiger partial charge in [0.05, 0.1) is 4.88 Å². The fraction of sp³-hybridized carbons (Fsp3) is 0.250. The van der Waals surface area contributed by atoms with Crippen molar-refractivity contribution in [2.45, 2.75) is 13.8 Å². The van der Waals surface area contributed by atoms with E-state index in [9.17, 15) is 4.79 Å². The molecule has 1 aromatic heterocycles. The van der Waals surface area contributed by atoms with E-state index in [0.717, 1.165) is 10.3 Å². The van der Waals surface area contributed by atoms with E-state index in [0.29, 0.717) is 6.54 Å². The molecule has 0 aliphatic rings. The summed E-state index contributed by atoms with van der Waals surface area (Å²) in [6.45, 7) is 4.67. The van der Waals surface area contributed by atoms with E-state index >= 15 is 0 Å². The fourth-order valence-electron chi connectivity index (χ4n) is 1.57. The molecule has 2 rings (SSSR count). The second-order valence-electron chi connectivity index (χ2n) is 3.46. The predicted molar refractivity (Wildman–Crippen MR) is 64.6 cm³/mol. The van der Waals surface area contributed by atoms with Gasteiger partial charge in [0.15, 0.2) is 0 Å². The summed E-state index contributed by atoms with van der Waals surface area (Å²) in [7, 11) is 0. The van der Waals surface area contributed by atoms with E-state index < -0.39 is 0 Å². The molecule has 3 heteroatoms. The Morgan fingerprint density at radius 3 is 2.93 bits per heavy atom. The maximum Gasteiger partial charge on any atom is 0.261 e. The Morgan fingerprint density at radius 1 is 1.47 bits per heavy atom. The van der Waals surface area contributed by atoms with Gasteiger partial charge >= 0.3 is 0 Å². The molecule has 1 amide bonds. The van der Waals surface area contributed by atoms with Crippen molar-refractivity contribution in [1.82, 2.24) is 5.32 Å². The van der Waals surface area contributed by atoms with Crippen LogP contribution in [0.5, 0.6) is 0 Å². The number of rotatable bonds is 2. The van der Waals surface area contributed by atoms with Gasteiger partial charge in [0.1, 0.15) is 0 Å². The van der Waals surface area contributed by atoms with Gasteiger partial charge in [-0.3, -0.25) is 4.79 Å². The minimum Gasteiger partial charge on any atom is -0.352 e. The second-order valence-corrected chi connectivity index (χ2v) is 4.52. The fourth-order valence-corrected chi connectivity index (χ4v) is 2.61. The number of hydrogen-bond acceptors (Lipinski definition) is 2. The highest BCUT2D eigenvalue weighted by Gasteiger charge is 2.09. The van der Waals surface area contributed by atoms with E-state index in [-0.39, 0.29) is 5.91 Å². The number of carbonyl (C=O) groups excluding carboxylic acids is 1. The first-order valence-corrected chi connectivity index (χ1v) is 5.81. The zero-order chi connectivity index (χ0) is 10.8. The normalized spacial score (nSPS) is 10.5. The molecule has 0 aliphatic heterocycles. The van der Waals surface area contributed by atoms with Crippen LogP contribution in [-0.4, -0.2) is 12.5 Å². The lowest BCUT2D eigenvalue weighted by Gasteiger charge is -1.96. The zero-order valence-corrected chi connectivity index (χ0v) is 9.65. The Kier molecular flexibility index (Phi) is 2.73. The van der Waals surface area contributed by atoms with Crippen molar-refractivity contribution in [2.75, 3.05) is 6.54 Å². The van der Waals surface area contributed by atoms with Crippen LogP contribution in [0.15, 0.2) is 24.3 Å².